The highest BCUT2D eigenvalue weighted by Crippen LogP contribution is 2.35. The van der Waals surface area contributed by atoms with Crippen molar-refractivity contribution in [2.24, 2.45) is 0 Å². The average molecular weight is 393 g/mol. The summed E-state index contributed by atoms with van der Waals surface area (Å²) < 4.78 is 6.10. The predicted octanol–water partition coefficient (Wildman–Crippen LogP) is 5.50. The highest BCUT2D eigenvalue weighted by molar-refractivity contribution is 7.99. The molecule has 144 valence electrons. The molecule has 2 aromatic carbocycles. The van der Waals surface area contributed by atoms with Crippen LogP contribution in [0.25, 0.3) is 22.6 Å². The molecule has 1 atom stereocenters. The van der Waals surface area contributed by atoms with Gasteiger partial charge >= 0.3 is 0 Å². The van der Waals surface area contributed by atoms with Crippen LogP contribution in [-0.4, -0.2) is 34.1 Å². The molecule has 1 aromatic heterocycles. The zero-order valence-electron chi connectivity index (χ0n) is 16.0. The molecule has 0 bridgehead atoms. The Bertz CT molecular complexity index is 867. The van der Waals surface area contributed by atoms with Crippen molar-refractivity contribution in [1.82, 2.24) is 9.88 Å². The zero-order chi connectivity index (χ0) is 19.3. The quantitative estimate of drug-likeness (QED) is 0.538. The fraction of sp³-hybridized carbons (Fsp3) is 0.304. The van der Waals surface area contributed by atoms with Gasteiger partial charge in [-0.15, -0.1) is 0 Å². The molecule has 3 aromatic rings. The van der Waals surface area contributed by atoms with Gasteiger partial charge in [0.15, 0.2) is 5.76 Å². The highest BCUT2D eigenvalue weighted by Gasteiger charge is 2.24. The second-order valence-corrected chi connectivity index (χ2v) is 8.04. The summed E-state index contributed by atoms with van der Waals surface area (Å²) in [5, 5.41) is 0.538. The first-order valence-corrected chi connectivity index (χ1v) is 10.7. The second kappa shape index (κ2) is 8.65. The molecule has 1 fully saturated rings. The van der Waals surface area contributed by atoms with E-state index in [4.69, 9.17) is 9.40 Å². The highest BCUT2D eigenvalue weighted by atomic mass is 32.2. The van der Waals surface area contributed by atoms with Crippen LogP contribution in [0.5, 0.6) is 0 Å². The van der Waals surface area contributed by atoms with Gasteiger partial charge in [0.2, 0.25) is 5.91 Å². The summed E-state index contributed by atoms with van der Waals surface area (Å²) in [6.07, 6.45) is 3.39. The van der Waals surface area contributed by atoms with Crippen LogP contribution >= 0.6 is 11.8 Å². The standard InChI is InChI=1S/C23H24N2O2S/c1-17-10-8-9-15-25(17)20(26)16-28-23-24-21(18-11-4-2-5-12-18)22(27-23)19-13-6-3-7-14-19/h2-7,11-14,17H,8-10,15-16H2,1H3. The van der Waals surface area contributed by atoms with Crippen LogP contribution in [0.15, 0.2) is 70.3 Å². The second-order valence-electron chi connectivity index (χ2n) is 7.11. The topological polar surface area (TPSA) is 46.3 Å². The number of nitrogens with zero attached hydrogens (tertiary/aromatic N) is 2. The molecule has 0 spiro atoms. The van der Waals surface area contributed by atoms with Crippen LogP contribution in [0.4, 0.5) is 0 Å². The predicted molar refractivity (Wildman–Crippen MR) is 113 cm³/mol. The van der Waals surface area contributed by atoms with Crippen LogP contribution in [0, 0.1) is 0 Å². The van der Waals surface area contributed by atoms with Crippen molar-refractivity contribution in [2.45, 2.75) is 37.5 Å². The van der Waals surface area contributed by atoms with Gasteiger partial charge in [-0.2, -0.15) is 0 Å². The minimum Gasteiger partial charge on any atom is -0.431 e. The van der Waals surface area contributed by atoms with Crippen molar-refractivity contribution in [2.75, 3.05) is 12.3 Å². The van der Waals surface area contributed by atoms with E-state index in [1.54, 1.807) is 0 Å². The molecule has 2 heterocycles. The molecule has 0 aliphatic carbocycles. The molecule has 1 amide bonds. The van der Waals surface area contributed by atoms with Gasteiger partial charge in [0.25, 0.3) is 5.22 Å². The molecule has 0 N–H and O–H groups in total. The van der Waals surface area contributed by atoms with E-state index in [2.05, 4.69) is 6.92 Å². The molecule has 1 saturated heterocycles. The van der Waals surface area contributed by atoms with Crippen molar-refractivity contribution in [1.29, 1.82) is 0 Å². The number of aromatic nitrogens is 1. The van der Waals surface area contributed by atoms with Gasteiger partial charge in [0, 0.05) is 23.7 Å². The Morgan fingerprint density at radius 1 is 1.07 bits per heavy atom. The number of likely N-dealkylation sites (tertiary alicyclic amines) is 1. The van der Waals surface area contributed by atoms with Crippen LogP contribution in [0.2, 0.25) is 0 Å². The number of benzene rings is 2. The van der Waals surface area contributed by atoms with Crippen LogP contribution in [-0.2, 0) is 4.79 Å². The van der Waals surface area contributed by atoms with Crippen LogP contribution in [0.1, 0.15) is 26.2 Å². The van der Waals surface area contributed by atoms with Gasteiger partial charge in [-0.1, -0.05) is 72.4 Å². The third-order valence-electron chi connectivity index (χ3n) is 5.13. The molecule has 0 saturated carbocycles. The Balaban J connectivity index is 1.56. The van der Waals surface area contributed by atoms with E-state index in [0.717, 1.165) is 42.0 Å². The summed E-state index contributed by atoms with van der Waals surface area (Å²) in [5.41, 5.74) is 2.80. The number of carbonyl (C=O) groups excluding carboxylic acids is 1. The number of amides is 1. The summed E-state index contributed by atoms with van der Waals surface area (Å²) in [7, 11) is 0. The van der Waals surface area contributed by atoms with E-state index < -0.39 is 0 Å². The summed E-state index contributed by atoms with van der Waals surface area (Å²) >= 11 is 1.38. The molecule has 1 aliphatic heterocycles. The monoisotopic (exact) mass is 392 g/mol. The number of carbonyl (C=O) groups is 1. The van der Waals surface area contributed by atoms with E-state index in [1.165, 1.54) is 18.2 Å². The molecule has 28 heavy (non-hydrogen) atoms. The molecule has 1 unspecified atom stereocenters. The lowest BCUT2D eigenvalue weighted by Crippen LogP contribution is -2.42. The first-order valence-electron chi connectivity index (χ1n) is 9.76. The Kier molecular flexibility index (Phi) is 5.81. The summed E-state index contributed by atoms with van der Waals surface area (Å²) in [4.78, 5) is 19.4. The minimum absolute atomic E-state index is 0.165. The normalized spacial score (nSPS) is 16.9. The maximum Gasteiger partial charge on any atom is 0.257 e. The number of thioether (sulfide) groups is 1. The number of hydrogen-bond donors (Lipinski definition) is 0. The Hall–Kier alpha value is -2.53. The summed E-state index contributed by atoms with van der Waals surface area (Å²) in [5.74, 6) is 1.26. The lowest BCUT2D eigenvalue weighted by molar-refractivity contribution is -0.131. The Morgan fingerprint density at radius 2 is 1.75 bits per heavy atom. The number of rotatable bonds is 5. The lowest BCUT2D eigenvalue weighted by Gasteiger charge is -2.33. The van der Waals surface area contributed by atoms with Crippen molar-refractivity contribution in [3.8, 4) is 22.6 Å². The minimum atomic E-state index is 0.165. The van der Waals surface area contributed by atoms with Crippen molar-refractivity contribution < 1.29 is 9.21 Å². The number of piperidine rings is 1. The lowest BCUT2D eigenvalue weighted by atomic mass is 10.0. The molecule has 5 heteroatoms. The summed E-state index contributed by atoms with van der Waals surface area (Å²) in [6, 6.07) is 20.3. The summed E-state index contributed by atoms with van der Waals surface area (Å²) in [6.45, 7) is 2.99. The number of oxazole rings is 1. The molecule has 4 nitrogen and oxygen atoms in total. The molecular formula is C23H24N2O2S. The van der Waals surface area contributed by atoms with E-state index in [0.29, 0.717) is 17.0 Å². The van der Waals surface area contributed by atoms with Gasteiger partial charge < -0.3 is 9.32 Å². The van der Waals surface area contributed by atoms with Gasteiger partial charge in [0.1, 0.15) is 5.69 Å². The maximum absolute atomic E-state index is 12.6. The van der Waals surface area contributed by atoms with Crippen molar-refractivity contribution in [3.05, 3.63) is 60.7 Å². The van der Waals surface area contributed by atoms with Crippen molar-refractivity contribution in [3.63, 3.8) is 0 Å². The van der Waals surface area contributed by atoms with Crippen LogP contribution < -0.4 is 0 Å². The maximum atomic E-state index is 12.6. The first kappa shape index (κ1) is 18.8. The Morgan fingerprint density at radius 3 is 2.43 bits per heavy atom. The first-order chi connectivity index (χ1) is 13.7. The van der Waals surface area contributed by atoms with Gasteiger partial charge in [-0.3, -0.25) is 4.79 Å². The molecule has 1 aliphatic rings. The third kappa shape index (κ3) is 4.14. The molecule has 4 rings (SSSR count). The van der Waals surface area contributed by atoms with E-state index in [-0.39, 0.29) is 5.91 Å². The van der Waals surface area contributed by atoms with Crippen LogP contribution in [0.3, 0.4) is 0 Å². The van der Waals surface area contributed by atoms with Crippen molar-refractivity contribution >= 4 is 17.7 Å². The third-order valence-corrected chi connectivity index (χ3v) is 5.95. The van der Waals surface area contributed by atoms with E-state index in [9.17, 15) is 4.79 Å². The SMILES string of the molecule is CC1CCCCN1C(=O)CSc1nc(-c2ccccc2)c(-c2ccccc2)o1. The van der Waals surface area contributed by atoms with Gasteiger partial charge in [-0.25, -0.2) is 4.98 Å². The fourth-order valence-electron chi connectivity index (χ4n) is 3.61. The zero-order valence-corrected chi connectivity index (χ0v) is 16.8. The van der Waals surface area contributed by atoms with Gasteiger partial charge in [-0.05, 0) is 26.2 Å². The fourth-order valence-corrected chi connectivity index (χ4v) is 4.32. The average Bonchev–Trinajstić information content (AvgIpc) is 3.18. The smallest absolute Gasteiger partial charge is 0.257 e. The Labute approximate surface area is 170 Å². The molecule has 0 radical (unpaired) electrons. The van der Waals surface area contributed by atoms with Gasteiger partial charge in [0.05, 0.1) is 5.75 Å². The molecular weight excluding hydrogens is 368 g/mol. The van der Waals surface area contributed by atoms with E-state index >= 15 is 0 Å². The van der Waals surface area contributed by atoms with E-state index in [1.807, 2.05) is 65.6 Å². The largest absolute Gasteiger partial charge is 0.431 e. The number of hydrogen-bond acceptors (Lipinski definition) is 4.